The molecule has 8 heteroatoms. The van der Waals surface area contributed by atoms with Gasteiger partial charge in [-0.2, -0.15) is 0 Å². The van der Waals surface area contributed by atoms with Crippen molar-refractivity contribution in [1.29, 1.82) is 0 Å². The lowest BCUT2D eigenvalue weighted by Crippen LogP contribution is -2.60. The maximum atomic E-state index is 10.1. The van der Waals surface area contributed by atoms with E-state index in [1.165, 1.54) is 5.56 Å². The summed E-state index contributed by atoms with van der Waals surface area (Å²) < 4.78 is 30.5. The SMILES string of the molecule is Cc1ccc(B2O[13C@@H]3[13C@@H]([13CH2]O[13C@@]4([13CH2]O)OB(c5ccc(C)cc5)O[13C@@H]34)O2)cc1. The second kappa shape index (κ2) is 6.99. The normalized spacial score (nSPS) is 31.8. The number of rotatable bonds is 3. The second-order valence-electron chi connectivity index (χ2n) is 7.72. The van der Waals surface area contributed by atoms with Crippen LogP contribution in [0.2, 0.25) is 0 Å². The van der Waals surface area contributed by atoms with E-state index in [9.17, 15) is 5.11 Å². The van der Waals surface area contributed by atoms with Gasteiger partial charge in [0.05, 0.1) is 25.4 Å². The lowest BCUT2D eigenvalue weighted by Gasteiger charge is -2.41. The van der Waals surface area contributed by atoms with Crippen LogP contribution in [-0.2, 0) is 23.4 Å². The number of aliphatic hydroxyl groups excluding tert-OH is 1. The number of ether oxygens (including phenoxy) is 1. The Labute approximate surface area is 165 Å². The summed E-state index contributed by atoms with van der Waals surface area (Å²) in [6, 6.07) is 16.0. The summed E-state index contributed by atoms with van der Waals surface area (Å²) >= 11 is 0. The summed E-state index contributed by atoms with van der Waals surface area (Å²) in [5, 5.41) is 10.1. The molecule has 0 amide bonds. The van der Waals surface area contributed by atoms with Crippen LogP contribution in [0, 0.1) is 13.8 Å². The molecule has 0 bridgehead atoms. The summed E-state index contributed by atoms with van der Waals surface area (Å²) in [7, 11) is -1.12. The lowest BCUT2D eigenvalue weighted by atomic mass is 9.79. The van der Waals surface area contributed by atoms with Crippen LogP contribution < -0.4 is 10.9 Å². The van der Waals surface area contributed by atoms with Crippen LogP contribution in [0.1, 0.15) is 11.1 Å². The molecule has 4 atom stereocenters. The average molecular weight is 386 g/mol. The molecule has 2 aromatic rings. The summed E-state index contributed by atoms with van der Waals surface area (Å²) in [5.74, 6) is -1.25. The zero-order valence-electron chi connectivity index (χ0n) is 15.9. The summed E-state index contributed by atoms with van der Waals surface area (Å²) in [6.45, 7) is 4.02. The van der Waals surface area contributed by atoms with Gasteiger partial charge < -0.3 is 28.5 Å². The minimum absolute atomic E-state index is 0.272. The van der Waals surface area contributed by atoms with E-state index in [-0.39, 0.29) is 25.4 Å². The Bertz CT molecular complexity index is 845. The molecule has 144 valence electrons. The Morgan fingerprint density at radius 1 is 0.893 bits per heavy atom. The molecule has 0 aliphatic carbocycles. The summed E-state index contributed by atoms with van der Waals surface area (Å²) in [5.41, 5.74) is 4.15. The van der Waals surface area contributed by atoms with Crippen LogP contribution in [0.25, 0.3) is 0 Å². The van der Waals surface area contributed by atoms with E-state index in [0.717, 1.165) is 16.5 Å². The van der Waals surface area contributed by atoms with E-state index in [1.54, 1.807) is 0 Å². The van der Waals surface area contributed by atoms with Gasteiger partial charge in [0, 0.05) is 0 Å². The molecule has 1 N–H and O–H groups in total. The first kappa shape index (κ1) is 18.4. The molecule has 5 rings (SSSR count). The van der Waals surface area contributed by atoms with Gasteiger partial charge in [0.25, 0.3) is 0 Å². The molecule has 0 aromatic heterocycles. The second-order valence-corrected chi connectivity index (χ2v) is 7.72. The van der Waals surface area contributed by atoms with Gasteiger partial charge in [-0.25, -0.2) is 0 Å². The number of hydrogen-bond acceptors (Lipinski definition) is 6. The molecule has 3 fully saturated rings. The Morgan fingerprint density at radius 2 is 1.50 bits per heavy atom. The smallest absolute Gasteiger partial charge is 0.399 e. The Hall–Kier alpha value is -1.67. The van der Waals surface area contributed by atoms with Crippen LogP contribution in [-0.4, -0.2) is 56.7 Å². The van der Waals surface area contributed by atoms with Crippen molar-refractivity contribution in [2.24, 2.45) is 0 Å². The van der Waals surface area contributed by atoms with Crippen molar-refractivity contribution in [2.75, 3.05) is 13.2 Å². The molecule has 2 aromatic carbocycles. The predicted molar refractivity (Wildman–Crippen MR) is 105 cm³/mol. The van der Waals surface area contributed by atoms with Gasteiger partial charge in [-0.3, -0.25) is 0 Å². The fourth-order valence-corrected chi connectivity index (χ4v) is 4.00. The number of aliphatic hydroxyl groups is 1. The van der Waals surface area contributed by atoms with Crippen molar-refractivity contribution in [2.45, 2.75) is 37.9 Å². The van der Waals surface area contributed by atoms with Crippen molar-refractivity contribution < 1.29 is 28.5 Å². The quantitative estimate of drug-likeness (QED) is 0.606. The summed E-state index contributed by atoms with van der Waals surface area (Å²) in [4.78, 5) is 0. The highest BCUT2D eigenvalue weighted by molar-refractivity contribution is 6.62. The number of benzene rings is 2. The van der Waals surface area contributed by atoms with Crippen LogP contribution >= 0.6 is 0 Å². The number of fused-ring (bicyclic) bond motifs is 3. The highest BCUT2D eigenvalue weighted by atomic mass is 17.0. The number of hydrogen-bond donors (Lipinski definition) is 1. The van der Waals surface area contributed by atoms with E-state index in [2.05, 4.69) is 0 Å². The minimum atomic E-state index is -1.25. The van der Waals surface area contributed by atoms with Gasteiger partial charge in [-0.05, 0) is 24.8 Å². The molecular weight excluding hydrogens is 364 g/mol. The van der Waals surface area contributed by atoms with E-state index in [4.69, 9.17) is 23.4 Å². The fraction of sp³-hybridized carbons (Fsp3) is 0.400. The Balaban J connectivity index is 1.39. The van der Waals surface area contributed by atoms with E-state index in [0.29, 0.717) is 0 Å². The fourth-order valence-electron chi connectivity index (χ4n) is 4.00. The van der Waals surface area contributed by atoms with E-state index >= 15 is 0 Å². The molecule has 0 radical (unpaired) electrons. The molecule has 0 unspecified atom stereocenters. The van der Waals surface area contributed by atoms with Crippen molar-refractivity contribution >= 4 is 25.2 Å². The van der Waals surface area contributed by atoms with Crippen molar-refractivity contribution in [3.63, 3.8) is 0 Å². The monoisotopic (exact) mass is 386 g/mol. The molecule has 3 aliphatic rings. The first-order valence-electron chi connectivity index (χ1n) is 9.60. The first-order valence-corrected chi connectivity index (χ1v) is 9.60. The Kier molecular flexibility index (Phi) is 4.58. The Morgan fingerprint density at radius 3 is 2.11 bits per heavy atom. The first-order chi connectivity index (χ1) is 13.6. The standard InChI is InChI=1S/C20H22B2O6/c1-13-3-7-15(8-4-13)21-25-17-11-24-20(12-23)19(18(17)26-21)27-22(28-20)16-9-5-14(2)6-10-16/h3-10,17-19,23H,11-12H2,1-2H3/t17-,18-,19+,20+/m1/s1/i11+1,12+1,17+1,18+1,19+1,20+1. The van der Waals surface area contributed by atoms with Gasteiger partial charge in [0.1, 0.15) is 6.10 Å². The van der Waals surface area contributed by atoms with Crippen molar-refractivity contribution in [3.8, 4) is 0 Å². The topological polar surface area (TPSA) is 66.4 Å². The zero-order valence-corrected chi connectivity index (χ0v) is 15.9. The van der Waals surface area contributed by atoms with Gasteiger partial charge in [-0.1, -0.05) is 59.7 Å². The van der Waals surface area contributed by atoms with Crippen molar-refractivity contribution in [1.82, 2.24) is 0 Å². The van der Waals surface area contributed by atoms with Crippen molar-refractivity contribution in [3.05, 3.63) is 59.7 Å². The van der Waals surface area contributed by atoms with Gasteiger partial charge in [-0.15, -0.1) is 0 Å². The van der Waals surface area contributed by atoms with E-state index < -0.39 is 26.1 Å². The average Bonchev–Trinajstić information content (AvgIpc) is 3.31. The molecule has 28 heavy (non-hydrogen) atoms. The highest BCUT2D eigenvalue weighted by Crippen LogP contribution is 2.40. The zero-order chi connectivity index (χ0) is 19.3. The van der Waals surface area contributed by atoms with E-state index in [1.807, 2.05) is 62.4 Å². The molecule has 0 saturated carbocycles. The maximum Gasteiger partial charge on any atom is 0.496 e. The molecule has 3 heterocycles. The summed E-state index contributed by atoms with van der Waals surface area (Å²) in [6.07, 6.45) is -1.25. The van der Waals surface area contributed by atoms with Crippen LogP contribution in [0.4, 0.5) is 0 Å². The van der Waals surface area contributed by atoms with Crippen LogP contribution in [0.15, 0.2) is 48.5 Å². The molecule has 3 saturated heterocycles. The van der Waals surface area contributed by atoms with Gasteiger partial charge >= 0.3 is 14.2 Å². The predicted octanol–water partition coefficient (Wildman–Crippen LogP) is 0.312. The van der Waals surface area contributed by atoms with Crippen LogP contribution in [0.5, 0.6) is 0 Å². The molecule has 3 aliphatic heterocycles. The third kappa shape index (κ3) is 3.01. The lowest BCUT2D eigenvalue weighted by molar-refractivity contribution is -0.270. The third-order valence-corrected chi connectivity index (χ3v) is 5.67. The maximum absolute atomic E-state index is 10.1. The van der Waals surface area contributed by atoms with Gasteiger partial charge in [0.15, 0.2) is 0 Å². The van der Waals surface area contributed by atoms with Crippen LogP contribution in [0.3, 0.4) is 0 Å². The molecular formula is C20H22B2O6. The largest absolute Gasteiger partial charge is 0.496 e. The highest BCUT2D eigenvalue weighted by Gasteiger charge is 2.63. The van der Waals surface area contributed by atoms with Gasteiger partial charge in [0.2, 0.25) is 5.79 Å². The third-order valence-electron chi connectivity index (χ3n) is 5.67. The molecule has 0 spiro atoms. The number of aryl methyl sites for hydroxylation is 2. The minimum Gasteiger partial charge on any atom is -0.399 e. The molecule has 6 nitrogen and oxygen atoms in total.